The van der Waals surface area contributed by atoms with Crippen molar-refractivity contribution in [3.8, 4) is 11.5 Å². The van der Waals surface area contributed by atoms with Gasteiger partial charge in [-0.05, 0) is 50.9 Å². The number of rotatable bonds is 4. The molecule has 1 fully saturated rings. The van der Waals surface area contributed by atoms with Crippen LogP contribution in [0.5, 0.6) is 11.5 Å². The SMILES string of the molecule is CC(=O)NCC1CCN(C(C)c2c(O)cccc2O)CC1. The van der Waals surface area contributed by atoms with Crippen LogP contribution in [0.3, 0.4) is 0 Å². The van der Waals surface area contributed by atoms with Gasteiger partial charge in [0, 0.05) is 19.5 Å². The summed E-state index contributed by atoms with van der Waals surface area (Å²) >= 11 is 0. The highest BCUT2D eigenvalue weighted by molar-refractivity contribution is 5.72. The predicted octanol–water partition coefficient (Wildman–Crippen LogP) is 2.01. The number of amides is 1. The molecule has 1 aliphatic rings. The molecular weight excluding hydrogens is 268 g/mol. The van der Waals surface area contributed by atoms with Crippen molar-refractivity contribution in [1.82, 2.24) is 10.2 Å². The Bertz CT molecular complexity index is 476. The summed E-state index contributed by atoms with van der Waals surface area (Å²) in [6.07, 6.45) is 2.03. The number of carbonyl (C=O) groups excluding carboxylic acids is 1. The summed E-state index contributed by atoms with van der Waals surface area (Å²) in [7, 11) is 0. The van der Waals surface area contributed by atoms with Gasteiger partial charge in [0.25, 0.3) is 0 Å². The third kappa shape index (κ3) is 3.88. The van der Waals surface area contributed by atoms with E-state index in [1.165, 1.54) is 6.92 Å². The molecule has 1 heterocycles. The van der Waals surface area contributed by atoms with E-state index in [0.29, 0.717) is 11.5 Å². The first-order chi connectivity index (χ1) is 9.99. The fourth-order valence-electron chi connectivity index (χ4n) is 2.98. The topological polar surface area (TPSA) is 72.8 Å². The van der Waals surface area contributed by atoms with Gasteiger partial charge in [-0.15, -0.1) is 0 Å². The average Bonchev–Trinajstić information content (AvgIpc) is 2.45. The summed E-state index contributed by atoms with van der Waals surface area (Å²) in [6, 6.07) is 4.83. The van der Waals surface area contributed by atoms with Crippen molar-refractivity contribution < 1.29 is 15.0 Å². The van der Waals surface area contributed by atoms with Crippen LogP contribution < -0.4 is 5.32 Å². The van der Waals surface area contributed by atoms with Gasteiger partial charge < -0.3 is 15.5 Å². The third-order valence-corrected chi connectivity index (χ3v) is 4.31. The normalized spacial score (nSPS) is 18.4. The number of piperidine rings is 1. The molecule has 0 radical (unpaired) electrons. The maximum atomic E-state index is 10.9. The van der Waals surface area contributed by atoms with E-state index in [1.807, 2.05) is 6.92 Å². The van der Waals surface area contributed by atoms with E-state index in [9.17, 15) is 15.0 Å². The fraction of sp³-hybridized carbons (Fsp3) is 0.562. The zero-order valence-electron chi connectivity index (χ0n) is 12.7. The molecule has 5 nitrogen and oxygen atoms in total. The highest BCUT2D eigenvalue weighted by Crippen LogP contribution is 2.36. The summed E-state index contributed by atoms with van der Waals surface area (Å²) in [5, 5.41) is 22.8. The number of aromatic hydroxyl groups is 2. The van der Waals surface area contributed by atoms with E-state index < -0.39 is 0 Å². The Morgan fingerprint density at radius 1 is 1.33 bits per heavy atom. The minimum atomic E-state index is -0.0204. The van der Waals surface area contributed by atoms with Gasteiger partial charge in [-0.1, -0.05) is 6.07 Å². The number of nitrogens with zero attached hydrogens (tertiary/aromatic N) is 1. The number of phenols is 2. The van der Waals surface area contributed by atoms with Crippen LogP contribution in [0.2, 0.25) is 0 Å². The molecule has 0 aromatic heterocycles. The Hall–Kier alpha value is -1.75. The van der Waals surface area contributed by atoms with Gasteiger partial charge in [0.2, 0.25) is 5.91 Å². The Morgan fingerprint density at radius 3 is 2.43 bits per heavy atom. The van der Waals surface area contributed by atoms with Crippen LogP contribution in [0.25, 0.3) is 0 Å². The Balaban J connectivity index is 1.94. The summed E-state index contributed by atoms with van der Waals surface area (Å²) < 4.78 is 0. The Morgan fingerprint density at radius 2 is 1.90 bits per heavy atom. The second kappa shape index (κ2) is 6.80. The predicted molar refractivity (Wildman–Crippen MR) is 81.2 cm³/mol. The van der Waals surface area contributed by atoms with Crippen molar-refractivity contribution in [2.75, 3.05) is 19.6 Å². The standard InChI is InChI=1S/C16H24N2O3/c1-11(16-14(20)4-3-5-15(16)21)18-8-6-13(7-9-18)10-17-12(2)19/h3-5,11,13,20-21H,6-10H2,1-2H3,(H,17,19). The highest BCUT2D eigenvalue weighted by Gasteiger charge is 2.26. The van der Waals surface area contributed by atoms with Gasteiger partial charge in [0.15, 0.2) is 0 Å². The van der Waals surface area contributed by atoms with Crippen molar-refractivity contribution in [3.05, 3.63) is 23.8 Å². The van der Waals surface area contributed by atoms with Crippen molar-refractivity contribution in [2.24, 2.45) is 5.92 Å². The molecule has 0 aliphatic carbocycles. The molecule has 21 heavy (non-hydrogen) atoms. The lowest BCUT2D eigenvalue weighted by Crippen LogP contribution is -2.39. The number of nitrogens with one attached hydrogen (secondary N) is 1. The van der Waals surface area contributed by atoms with Gasteiger partial charge in [0.1, 0.15) is 11.5 Å². The van der Waals surface area contributed by atoms with Crippen LogP contribution in [0.1, 0.15) is 38.3 Å². The number of phenolic OH excluding ortho intramolecular Hbond substituents is 2. The minimum Gasteiger partial charge on any atom is -0.507 e. The molecule has 1 aromatic carbocycles. The van der Waals surface area contributed by atoms with Gasteiger partial charge in [-0.3, -0.25) is 9.69 Å². The molecular formula is C16H24N2O3. The van der Waals surface area contributed by atoms with Gasteiger partial charge in [-0.2, -0.15) is 0 Å². The second-order valence-electron chi connectivity index (χ2n) is 5.80. The van der Waals surface area contributed by atoms with Crippen molar-refractivity contribution in [2.45, 2.75) is 32.7 Å². The maximum Gasteiger partial charge on any atom is 0.216 e. The fourth-order valence-corrected chi connectivity index (χ4v) is 2.98. The van der Waals surface area contributed by atoms with Crippen molar-refractivity contribution >= 4 is 5.91 Å². The summed E-state index contributed by atoms with van der Waals surface area (Å²) in [4.78, 5) is 13.2. The molecule has 1 unspecified atom stereocenters. The second-order valence-corrected chi connectivity index (χ2v) is 5.80. The molecule has 1 saturated heterocycles. The maximum absolute atomic E-state index is 10.9. The average molecular weight is 292 g/mol. The molecule has 1 aliphatic heterocycles. The first-order valence-electron chi connectivity index (χ1n) is 7.48. The summed E-state index contributed by atoms with van der Waals surface area (Å²) in [5.74, 6) is 0.811. The largest absolute Gasteiger partial charge is 0.507 e. The van der Waals surface area contributed by atoms with Gasteiger partial charge in [0.05, 0.1) is 5.56 Å². The molecule has 1 amide bonds. The van der Waals surface area contributed by atoms with Crippen LogP contribution in [0, 0.1) is 5.92 Å². The van der Waals surface area contributed by atoms with E-state index >= 15 is 0 Å². The molecule has 0 spiro atoms. The smallest absolute Gasteiger partial charge is 0.216 e. The minimum absolute atomic E-state index is 0.0185. The number of carbonyl (C=O) groups is 1. The van der Waals surface area contributed by atoms with Crippen molar-refractivity contribution in [3.63, 3.8) is 0 Å². The van der Waals surface area contributed by atoms with E-state index in [0.717, 1.165) is 32.5 Å². The molecule has 5 heteroatoms. The molecule has 0 saturated carbocycles. The first-order valence-corrected chi connectivity index (χ1v) is 7.48. The van der Waals surface area contributed by atoms with Gasteiger partial charge in [-0.25, -0.2) is 0 Å². The highest BCUT2D eigenvalue weighted by atomic mass is 16.3. The van der Waals surface area contributed by atoms with Crippen LogP contribution >= 0.6 is 0 Å². The van der Waals surface area contributed by atoms with E-state index in [4.69, 9.17) is 0 Å². The monoisotopic (exact) mass is 292 g/mol. The Kier molecular flexibility index (Phi) is 5.07. The molecule has 1 aromatic rings. The molecule has 116 valence electrons. The van der Waals surface area contributed by atoms with Crippen LogP contribution in [0.4, 0.5) is 0 Å². The zero-order chi connectivity index (χ0) is 15.4. The van der Waals surface area contributed by atoms with E-state index in [1.54, 1.807) is 18.2 Å². The Labute approximate surface area is 125 Å². The first kappa shape index (κ1) is 15.6. The lowest BCUT2D eigenvalue weighted by molar-refractivity contribution is -0.119. The summed E-state index contributed by atoms with van der Waals surface area (Å²) in [5.41, 5.74) is 0.595. The molecule has 3 N–H and O–H groups in total. The van der Waals surface area contributed by atoms with Crippen molar-refractivity contribution in [1.29, 1.82) is 0 Å². The molecule has 2 rings (SSSR count). The summed E-state index contributed by atoms with van der Waals surface area (Å²) in [6.45, 7) is 6.08. The zero-order valence-corrected chi connectivity index (χ0v) is 12.7. The number of hydrogen-bond donors (Lipinski definition) is 3. The van der Waals surface area contributed by atoms with Crippen LogP contribution in [-0.2, 0) is 4.79 Å². The lowest BCUT2D eigenvalue weighted by atomic mass is 9.94. The number of benzene rings is 1. The molecule has 1 atom stereocenters. The number of likely N-dealkylation sites (tertiary alicyclic amines) is 1. The third-order valence-electron chi connectivity index (χ3n) is 4.31. The lowest BCUT2D eigenvalue weighted by Gasteiger charge is -2.36. The van der Waals surface area contributed by atoms with E-state index in [2.05, 4.69) is 10.2 Å². The molecule has 0 bridgehead atoms. The van der Waals surface area contributed by atoms with Crippen LogP contribution in [0.15, 0.2) is 18.2 Å². The van der Waals surface area contributed by atoms with E-state index in [-0.39, 0.29) is 23.4 Å². The van der Waals surface area contributed by atoms with Crippen LogP contribution in [-0.4, -0.2) is 40.7 Å². The quantitative estimate of drug-likeness (QED) is 0.793. The number of hydrogen-bond acceptors (Lipinski definition) is 4. The van der Waals surface area contributed by atoms with Gasteiger partial charge >= 0.3 is 0 Å².